The fourth-order valence-electron chi connectivity index (χ4n) is 1.39. The molecule has 0 aliphatic rings. The van der Waals surface area contributed by atoms with Gasteiger partial charge in [-0.05, 0) is 17.7 Å². The molecule has 2 aromatic rings. The summed E-state index contributed by atoms with van der Waals surface area (Å²) in [6, 6.07) is 10.3. The van der Waals surface area contributed by atoms with Crippen LogP contribution in [0.3, 0.4) is 0 Å². The Bertz CT molecular complexity index is 602. The molecule has 0 aliphatic carbocycles. The van der Waals surface area contributed by atoms with E-state index in [0.29, 0.717) is 11.1 Å². The summed E-state index contributed by atoms with van der Waals surface area (Å²) >= 11 is 1.04. The average molecular weight is 259 g/mol. The lowest BCUT2D eigenvalue weighted by atomic mass is 10.1. The van der Waals surface area contributed by atoms with Crippen molar-refractivity contribution >= 4 is 28.2 Å². The summed E-state index contributed by atoms with van der Waals surface area (Å²) in [5, 5.41) is 12.2. The van der Waals surface area contributed by atoms with Crippen LogP contribution in [0.2, 0.25) is 0 Å². The zero-order valence-corrected chi connectivity index (χ0v) is 10.1. The summed E-state index contributed by atoms with van der Waals surface area (Å²) < 4.78 is 0. The third-order valence-corrected chi connectivity index (χ3v) is 3.17. The van der Waals surface area contributed by atoms with Crippen LogP contribution in [-0.2, 0) is 0 Å². The molecule has 1 heterocycles. The molecule has 18 heavy (non-hydrogen) atoms. The van der Waals surface area contributed by atoms with Gasteiger partial charge in [-0.3, -0.25) is 14.9 Å². The van der Waals surface area contributed by atoms with E-state index in [1.807, 2.05) is 6.07 Å². The van der Waals surface area contributed by atoms with Gasteiger partial charge in [0.1, 0.15) is 0 Å². The number of hydrogen-bond donors (Lipinski definition) is 0. The molecule has 0 saturated carbocycles. The van der Waals surface area contributed by atoms with Gasteiger partial charge < -0.3 is 0 Å². The molecule has 0 atom stereocenters. The highest BCUT2D eigenvalue weighted by atomic mass is 32.1. The Morgan fingerprint density at radius 2 is 2.00 bits per heavy atom. The fourth-order valence-corrected chi connectivity index (χ4v) is 2.09. The number of allylic oxidation sites excluding steroid dienone is 1. The molecule has 90 valence electrons. The van der Waals surface area contributed by atoms with Crippen LogP contribution in [-0.4, -0.2) is 10.7 Å². The predicted octanol–water partition coefficient (Wildman–Crippen LogP) is 3.55. The van der Waals surface area contributed by atoms with Gasteiger partial charge in [0.05, 0.1) is 4.92 Å². The first kappa shape index (κ1) is 12.2. The number of carbonyl (C=O) groups is 1. The lowest BCUT2D eigenvalue weighted by Crippen LogP contribution is -1.92. The van der Waals surface area contributed by atoms with Crippen molar-refractivity contribution in [3.05, 3.63) is 69.1 Å². The van der Waals surface area contributed by atoms with Crippen molar-refractivity contribution in [3.63, 3.8) is 0 Å². The number of thiophene rings is 1. The van der Waals surface area contributed by atoms with Crippen LogP contribution < -0.4 is 0 Å². The summed E-state index contributed by atoms with van der Waals surface area (Å²) in [6.07, 6.45) is 3.00. The molecular formula is C13H9NO3S. The molecule has 2 rings (SSSR count). The summed E-state index contributed by atoms with van der Waals surface area (Å²) in [6.45, 7) is 0. The predicted molar refractivity (Wildman–Crippen MR) is 70.8 cm³/mol. The van der Waals surface area contributed by atoms with E-state index >= 15 is 0 Å². The number of benzene rings is 1. The minimum absolute atomic E-state index is 0.0711. The van der Waals surface area contributed by atoms with Gasteiger partial charge in [0.25, 0.3) is 0 Å². The van der Waals surface area contributed by atoms with Gasteiger partial charge in [0, 0.05) is 17.0 Å². The quantitative estimate of drug-likeness (QED) is 0.365. The van der Waals surface area contributed by atoms with Gasteiger partial charge in [-0.2, -0.15) is 0 Å². The van der Waals surface area contributed by atoms with E-state index in [1.54, 1.807) is 35.7 Å². The molecule has 5 heteroatoms. The first-order chi connectivity index (χ1) is 8.66. The maximum atomic E-state index is 11.7. The largest absolute Gasteiger partial charge is 0.324 e. The molecule has 0 radical (unpaired) electrons. The van der Waals surface area contributed by atoms with Crippen LogP contribution in [0.5, 0.6) is 0 Å². The Morgan fingerprint density at radius 3 is 2.61 bits per heavy atom. The third kappa shape index (κ3) is 2.89. The third-order valence-electron chi connectivity index (χ3n) is 2.27. The van der Waals surface area contributed by atoms with Gasteiger partial charge in [0.2, 0.25) is 0 Å². The summed E-state index contributed by atoms with van der Waals surface area (Å²) in [4.78, 5) is 21.8. The van der Waals surface area contributed by atoms with Crippen molar-refractivity contribution in [1.82, 2.24) is 0 Å². The van der Waals surface area contributed by atoms with Crippen LogP contribution in [0.25, 0.3) is 6.08 Å². The van der Waals surface area contributed by atoms with Gasteiger partial charge in [-0.1, -0.05) is 41.7 Å². The molecule has 0 saturated heterocycles. The van der Waals surface area contributed by atoms with E-state index in [-0.39, 0.29) is 10.8 Å². The Hall–Kier alpha value is -2.27. The van der Waals surface area contributed by atoms with E-state index in [1.165, 1.54) is 12.1 Å². The minimum Gasteiger partial charge on any atom is -0.289 e. The SMILES string of the molecule is O=C(C=Cc1csc([N+](=O)[O-])c1)c1ccccc1. The van der Waals surface area contributed by atoms with Crippen LogP contribution in [0.4, 0.5) is 5.00 Å². The van der Waals surface area contributed by atoms with Crippen molar-refractivity contribution in [1.29, 1.82) is 0 Å². The van der Waals surface area contributed by atoms with Crippen LogP contribution in [0.1, 0.15) is 15.9 Å². The zero-order valence-electron chi connectivity index (χ0n) is 9.28. The molecule has 0 amide bonds. The number of ketones is 1. The van der Waals surface area contributed by atoms with Crippen molar-refractivity contribution < 1.29 is 9.72 Å². The lowest BCUT2D eigenvalue weighted by molar-refractivity contribution is -0.380. The standard InChI is InChI=1S/C13H9NO3S/c15-12(11-4-2-1-3-5-11)7-6-10-8-13(14(16)17)18-9-10/h1-9H. The van der Waals surface area contributed by atoms with Gasteiger partial charge >= 0.3 is 5.00 Å². The van der Waals surface area contributed by atoms with Crippen LogP contribution in [0, 0.1) is 10.1 Å². The molecular weight excluding hydrogens is 250 g/mol. The number of hydrogen-bond acceptors (Lipinski definition) is 4. The Morgan fingerprint density at radius 1 is 1.28 bits per heavy atom. The highest BCUT2D eigenvalue weighted by molar-refractivity contribution is 7.13. The average Bonchev–Trinajstić information content (AvgIpc) is 2.86. The molecule has 0 bridgehead atoms. The molecule has 1 aromatic heterocycles. The summed E-state index contributed by atoms with van der Waals surface area (Å²) in [7, 11) is 0. The number of nitro groups is 1. The maximum Gasteiger partial charge on any atom is 0.324 e. The van der Waals surface area contributed by atoms with E-state index in [4.69, 9.17) is 0 Å². The fraction of sp³-hybridized carbons (Fsp3) is 0. The first-order valence-corrected chi connectivity index (χ1v) is 6.05. The maximum absolute atomic E-state index is 11.7. The van der Waals surface area contributed by atoms with Gasteiger partial charge in [0.15, 0.2) is 5.78 Å². The Labute approximate surface area is 107 Å². The van der Waals surface area contributed by atoms with Crippen molar-refractivity contribution in [3.8, 4) is 0 Å². The monoisotopic (exact) mass is 259 g/mol. The van der Waals surface area contributed by atoms with E-state index in [0.717, 1.165) is 11.3 Å². The van der Waals surface area contributed by atoms with Gasteiger partial charge in [-0.15, -0.1) is 0 Å². The van der Waals surface area contributed by atoms with Crippen molar-refractivity contribution in [2.24, 2.45) is 0 Å². The number of carbonyl (C=O) groups excluding carboxylic acids is 1. The number of rotatable bonds is 4. The van der Waals surface area contributed by atoms with E-state index in [9.17, 15) is 14.9 Å². The second-order valence-corrected chi connectivity index (χ2v) is 4.43. The molecule has 0 aliphatic heterocycles. The highest BCUT2D eigenvalue weighted by Gasteiger charge is 2.08. The first-order valence-electron chi connectivity index (χ1n) is 5.17. The van der Waals surface area contributed by atoms with Crippen molar-refractivity contribution in [2.75, 3.05) is 0 Å². The smallest absolute Gasteiger partial charge is 0.289 e. The second kappa shape index (κ2) is 5.37. The molecule has 0 unspecified atom stereocenters. The van der Waals surface area contributed by atoms with E-state index in [2.05, 4.69) is 0 Å². The lowest BCUT2D eigenvalue weighted by Gasteiger charge is -1.92. The normalized spacial score (nSPS) is 10.7. The summed E-state index contributed by atoms with van der Waals surface area (Å²) in [5.41, 5.74) is 1.26. The van der Waals surface area contributed by atoms with Crippen LogP contribution >= 0.6 is 11.3 Å². The van der Waals surface area contributed by atoms with Crippen LogP contribution in [0.15, 0.2) is 47.9 Å². The Kier molecular flexibility index (Phi) is 3.64. The second-order valence-electron chi connectivity index (χ2n) is 3.54. The zero-order chi connectivity index (χ0) is 13.0. The van der Waals surface area contributed by atoms with E-state index < -0.39 is 4.92 Å². The molecule has 0 N–H and O–H groups in total. The number of nitrogens with zero attached hydrogens (tertiary/aromatic N) is 1. The van der Waals surface area contributed by atoms with Gasteiger partial charge in [-0.25, -0.2) is 0 Å². The molecule has 0 fully saturated rings. The topological polar surface area (TPSA) is 60.2 Å². The molecule has 0 spiro atoms. The van der Waals surface area contributed by atoms with Crippen molar-refractivity contribution in [2.45, 2.75) is 0 Å². The Balaban J connectivity index is 2.11. The summed E-state index contributed by atoms with van der Waals surface area (Å²) in [5.74, 6) is -0.121. The molecule has 4 nitrogen and oxygen atoms in total. The highest BCUT2D eigenvalue weighted by Crippen LogP contribution is 2.23. The minimum atomic E-state index is -0.443. The molecule has 1 aromatic carbocycles.